The molecule has 6 nitrogen and oxygen atoms in total. The number of halogens is 3. The van der Waals surface area contributed by atoms with Crippen LogP contribution < -0.4 is 5.32 Å². The highest BCUT2D eigenvalue weighted by Crippen LogP contribution is 2.34. The molecule has 1 amide bonds. The summed E-state index contributed by atoms with van der Waals surface area (Å²) in [6.45, 7) is 1.27. The van der Waals surface area contributed by atoms with E-state index in [2.05, 4.69) is 10.3 Å². The first-order valence-corrected chi connectivity index (χ1v) is 8.90. The number of aromatic nitrogens is 1. The van der Waals surface area contributed by atoms with Crippen molar-refractivity contribution >= 4 is 17.6 Å². The molecule has 0 saturated heterocycles. The van der Waals surface area contributed by atoms with Crippen LogP contribution in [0.4, 0.5) is 18.9 Å². The highest BCUT2D eigenvalue weighted by atomic mass is 19.4. The number of hydrogen-bond acceptors (Lipinski definition) is 5. The number of oxazole rings is 1. The largest absolute Gasteiger partial charge is 0.452 e. The Balaban J connectivity index is 1.59. The molecular formula is C21H17F3N2O4. The van der Waals surface area contributed by atoms with Gasteiger partial charge in [0.05, 0.1) is 23.4 Å². The van der Waals surface area contributed by atoms with Crippen LogP contribution in [0.25, 0.3) is 11.5 Å². The zero-order valence-electron chi connectivity index (χ0n) is 15.8. The molecule has 0 bridgehead atoms. The second-order valence-electron chi connectivity index (χ2n) is 6.35. The number of alkyl halides is 3. The second-order valence-corrected chi connectivity index (χ2v) is 6.35. The number of benzene rings is 2. The van der Waals surface area contributed by atoms with Crippen molar-refractivity contribution in [3.05, 3.63) is 72.1 Å². The molecule has 30 heavy (non-hydrogen) atoms. The lowest BCUT2D eigenvalue weighted by atomic mass is 10.1. The van der Waals surface area contributed by atoms with E-state index in [1.165, 1.54) is 25.3 Å². The summed E-state index contributed by atoms with van der Waals surface area (Å²) >= 11 is 0. The van der Waals surface area contributed by atoms with E-state index in [0.717, 1.165) is 17.7 Å². The number of para-hydroxylation sites is 1. The minimum atomic E-state index is -4.63. The Bertz CT molecular complexity index is 1030. The zero-order chi connectivity index (χ0) is 21.7. The van der Waals surface area contributed by atoms with Crippen molar-refractivity contribution in [2.24, 2.45) is 0 Å². The highest BCUT2D eigenvalue weighted by molar-refractivity contribution is 5.95. The van der Waals surface area contributed by atoms with Crippen molar-refractivity contribution in [1.82, 2.24) is 4.98 Å². The number of esters is 1. The lowest BCUT2D eigenvalue weighted by Gasteiger charge is -2.16. The van der Waals surface area contributed by atoms with Crippen molar-refractivity contribution in [3.63, 3.8) is 0 Å². The fraction of sp³-hybridized carbons (Fsp3) is 0.190. The molecule has 1 N–H and O–H groups in total. The third kappa shape index (κ3) is 5.25. The standard InChI is InChI=1S/C21H17F3N2O4/c1-13(19(28)26-17-10-6-5-9-16(17)21(22,23)24)30-18(27)11-15-12-29-20(25-15)14-7-3-2-4-8-14/h2-10,12-13H,11H2,1H3,(H,26,28). The number of nitrogens with zero attached hydrogens (tertiary/aromatic N) is 1. The predicted molar refractivity (Wildman–Crippen MR) is 101 cm³/mol. The van der Waals surface area contributed by atoms with Gasteiger partial charge in [-0.05, 0) is 31.2 Å². The number of hydrogen-bond donors (Lipinski definition) is 1. The van der Waals surface area contributed by atoms with Gasteiger partial charge in [0.2, 0.25) is 5.89 Å². The Morgan fingerprint density at radius 1 is 1.10 bits per heavy atom. The molecule has 9 heteroatoms. The van der Waals surface area contributed by atoms with Crippen molar-refractivity contribution in [2.75, 3.05) is 5.32 Å². The Morgan fingerprint density at radius 2 is 1.77 bits per heavy atom. The summed E-state index contributed by atoms with van der Waals surface area (Å²) < 4.78 is 49.4. The average molecular weight is 418 g/mol. The Morgan fingerprint density at radius 3 is 2.47 bits per heavy atom. The average Bonchev–Trinajstić information content (AvgIpc) is 3.16. The summed E-state index contributed by atoms with van der Waals surface area (Å²) in [5, 5.41) is 2.14. The van der Waals surface area contributed by atoms with Crippen LogP contribution in [-0.2, 0) is 26.9 Å². The van der Waals surface area contributed by atoms with Crippen LogP contribution >= 0.6 is 0 Å². The molecule has 1 atom stereocenters. The molecule has 156 valence electrons. The van der Waals surface area contributed by atoms with E-state index in [1.807, 2.05) is 18.2 Å². The quantitative estimate of drug-likeness (QED) is 0.598. The SMILES string of the molecule is CC(OC(=O)Cc1coc(-c2ccccc2)n1)C(=O)Nc1ccccc1C(F)(F)F. The maximum atomic E-state index is 13.0. The normalized spacial score (nSPS) is 12.3. The summed E-state index contributed by atoms with van der Waals surface area (Å²) in [7, 11) is 0. The van der Waals surface area contributed by atoms with E-state index in [0.29, 0.717) is 11.6 Å². The molecule has 3 aromatic rings. The van der Waals surface area contributed by atoms with Crippen molar-refractivity contribution in [1.29, 1.82) is 0 Å². The third-order valence-electron chi connectivity index (χ3n) is 4.07. The van der Waals surface area contributed by atoms with Gasteiger partial charge in [0.15, 0.2) is 6.10 Å². The summed E-state index contributed by atoms with van der Waals surface area (Å²) in [6.07, 6.45) is -4.90. The Labute approximate surface area is 169 Å². The van der Waals surface area contributed by atoms with Gasteiger partial charge in [0.1, 0.15) is 6.26 Å². The Hall–Kier alpha value is -3.62. The van der Waals surface area contributed by atoms with Gasteiger partial charge in [-0.15, -0.1) is 0 Å². The van der Waals surface area contributed by atoms with E-state index >= 15 is 0 Å². The van der Waals surface area contributed by atoms with Gasteiger partial charge in [0, 0.05) is 5.56 Å². The number of carbonyl (C=O) groups excluding carboxylic acids is 2. The molecule has 0 fully saturated rings. The van der Waals surface area contributed by atoms with Crippen LogP contribution in [0.15, 0.2) is 65.3 Å². The second kappa shape index (κ2) is 8.81. The summed E-state index contributed by atoms with van der Waals surface area (Å²) in [5.74, 6) is -1.33. The first kappa shape index (κ1) is 21.1. The van der Waals surface area contributed by atoms with Crippen LogP contribution in [0.3, 0.4) is 0 Å². The van der Waals surface area contributed by atoms with Gasteiger partial charge >= 0.3 is 12.1 Å². The minimum absolute atomic E-state index is 0.257. The monoisotopic (exact) mass is 418 g/mol. The highest BCUT2D eigenvalue weighted by Gasteiger charge is 2.34. The maximum absolute atomic E-state index is 13.0. The van der Waals surface area contributed by atoms with Crippen LogP contribution in [0, 0.1) is 0 Å². The van der Waals surface area contributed by atoms with E-state index in [1.54, 1.807) is 12.1 Å². The zero-order valence-corrected chi connectivity index (χ0v) is 15.8. The molecule has 0 radical (unpaired) electrons. The van der Waals surface area contributed by atoms with E-state index in [4.69, 9.17) is 9.15 Å². The molecule has 1 unspecified atom stereocenters. The summed E-state index contributed by atoms with van der Waals surface area (Å²) in [4.78, 5) is 28.5. The van der Waals surface area contributed by atoms with Gasteiger partial charge in [-0.2, -0.15) is 13.2 Å². The summed E-state index contributed by atoms with van der Waals surface area (Å²) in [6, 6.07) is 13.6. The molecule has 1 aromatic heterocycles. The smallest absolute Gasteiger partial charge is 0.418 e. The minimum Gasteiger partial charge on any atom is -0.452 e. The fourth-order valence-electron chi connectivity index (χ4n) is 2.62. The van der Waals surface area contributed by atoms with Crippen LogP contribution in [-0.4, -0.2) is 23.0 Å². The number of ether oxygens (including phenoxy) is 1. The fourth-order valence-corrected chi connectivity index (χ4v) is 2.62. The lowest BCUT2D eigenvalue weighted by molar-refractivity contribution is -0.152. The number of anilines is 1. The molecule has 3 rings (SSSR count). The van der Waals surface area contributed by atoms with E-state index in [9.17, 15) is 22.8 Å². The number of carbonyl (C=O) groups is 2. The molecule has 0 aliphatic heterocycles. The van der Waals surface area contributed by atoms with Gasteiger partial charge in [-0.3, -0.25) is 9.59 Å². The maximum Gasteiger partial charge on any atom is 0.418 e. The van der Waals surface area contributed by atoms with Crippen LogP contribution in [0.1, 0.15) is 18.2 Å². The first-order valence-electron chi connectivity index (χ1n) is 8.90. The lowest BCUT2D eigenvalue weighted by Crippen LogP contribution is -2.31. The topological polar surface area (TPSA) is 81.4 Å². The van der Waals surface area contributed by atoms with Gasteiger partial charge in [-0.25, -0.2) is 4.98 Å². The molecule has 2 aromatic carbocycles. The molecule has 0 aliphatic carbocycles. The van der Waals surface area contributed by atoms with Gasteiger partial charge < -0.3 is 14.5 Å². The molecule has 0 saturated carbocycles. The van der Waals surface area contributed by atoms with E-state index in [-0.39, 0.29) is 6.42 Å². The molecular weight excluding hydrogens is 401 g/mol. The summed E-state index contributed by atoms with van der Waals surface area (Å²) in [5.41, 5.74) is -0.378. The predicted octanol–water partition coefficient (Wildman–Crippen LogP) is 4.47. The third-order valence-corrected chi connectivity index (χ3v) is 4.07. The Kier molecular flexibility index (Phi) is 6.20. The van der Waals surface area contributed by atoms with Crippen LogP contribution in [0.5, 0.6) is 0 Å². The van der Waals surface area contributed by atoms with Gasteiger partial charge in [0.25, 0.3) is 5.91 Å². The van der Waals surface area contributed by atoms with Crippen LogP contribution in [0.2, 0.25) is 0 Å². The van der Waals surface area contributed by atoms with Crippen molar-refractivity contribution < 1.29 is 31.9 Å². The van der Waals surface area contributed by atoms with E-state index < -0.39 is 35.4 Å². The number of rotatable bonds is 6. The molecule has 0 aliphatic rings. The van der Waals surface area contributed by atoms with Crippen molar-refractivity contribution in [2.45, 2.75) is 25.6 Å². The number of nitrogens with one attached hydrogen (secondary N) is 1. The van der Waals surface area contributed by atoms with Gasteiger partial charge in [-0.1, -0.05) is 30.3 Å². The number of amides is 1. The van der Waals surface area contributed by atoms with Crippen molar-refractivity contribution in [3.8, 4) is 11.5 Å². The molecule has 0 spiro atoms. The molecule has 1 heterocycles. The first-order chi connectivity index (χ1) is 14.2.